The highest BCUT2D eigenvalue weighted by Gasteiger charge is 2.38. The van der Waals surface area contributed by atoms with Gasteiger partial charge in [-0.25, -0.2) is 4.98 Å². The molecule has 5 nitrogen and oxygen atoms in total. The maximum atomic E-state index is 12.2. The van der Waals surface area contributed by atoms with Crippen molar-refractivity contribution in [3.8, 4) is 0 Å². The van der Waals surface area contributed by atoms with E-state index < -0.39 is 5.60 Å². The maximum Gasteiger partial charge on any atom is 0.311 e. The van der Waals surface area contributed by atoms with E-state index in [1.54, 1.807) is 6.33 Å². The van der Waals surface area contributed by atoms with E-state index in [9.17, 15) is 4.79 Å². The smallest absolute Gasteiger partial charge is 0.311 e. The minimum atomic E-state index is -0.434. The third-order valence-corrected chi connectivity index (χ3v) is 3.16. The first-order valence-corrected chi connectivity index (χ1v) is 6.28. The third-order valence-electron chi connectivity index (χ3n) is 3.16. The van der Waals surface area contributed by atoms with Gasteiger partial charge in [-0.15, -0.1) is 0 Å². The summed E-state index contributed by atoms with van der Waals surface area (Å²) in [5, 5.41) is 3.26. The Bertz CT molecular complexity index is 434. The van der Waals surface area contributed by atoms with Crippen molar-refractivity contribution in [3.63, 3.8) is 0 Å². The number of aromatic nitrogens is 2. The molecule has 0 saturated carbocycles. The van der Waals surface area contributed by atoms with E-state index in [0.717, 1.165) is 12.2 Å². The minimum Gasteiger partial charge on any atom is -0.460 e. The number of nitrogens with one attached hydrogen (secondary N) is 1. The first kappa shape index (κ1) is 13.1. The largest absolute Gasteiger partial charge is 0.460 e. The number of nitrogens with zero attached hydrogens (tertiary/aromatic N) is 2. The summed E-state index contributed by atoms with van der Waals surface area (Å²) in [6.07, 6.45) is 3.59. The standard InChI is InChI=1S/C13H21N3O2/c1-13(2,3)18-12(17)10-6-14-5-9(10)11-7-15-8-16(11)4/h7-10,14H,5-6H2,1-4H3/t9-,10-/m1/s1. The molecule has 0 unspecified atom stereocenters. The van der Waals surface area contributed by atoms with Crippen LogP contribution in [-0.4, -0.2) is 34.2 Å². The molecular weight excluding hydrogens is 230 g/mol. The Morgan fingerprint density at radius 3 is 2.78 bits per heavy atom. The molecule has 1 N–H and O–H groups in total. The Kier molecular flexibility index (Phi) is 3.43. The van der Waals surface area contributed by atoms with Crippen LogP contribution in [0.15, 0.2) is 12.5 Å². The van der Waals surface area contributed by atoms with Gasteiger partial charge in [-0.3, -0.25) is 4.79 Å². The fraction of sp³-hybridized carbons (Fsp3) is 0.692. The number of carbonyl (C=O) groups excluding carboxylic acids is 1. The van der Waals surface area contributed by atoms with Gasteiger partial charge in [0.15, 0.2) is 0 Å². The summed E-state index contributed by atoms with van der Waals surface area (Å²) in [5.74, 6) is -0.106. The number of esters is 1. The zero-order valence-electron chi connectivity index (χ0n) is 11.4. The van der Waals surface area contributed by atoms with Gasteiger partial charge in [0.1, 0.15) is 5.60 Å². The average molecular weight is 251 g/mol. The van der Waals surface area contributed by atoms with Crippen LogP contribution < -0.4 is 5.32 Å². The second kappa shape index (κ2) is 4.72. The van der Waals surface area contributed by atoms with Crippen molar-refractivity contribution >= 4 is 5.97 Å². The van der Waals surface area contributed by atoms with Gasteiger partial charge in [-0.05, 0) is 20.8 Å². The van der Waals surface area contributed by atoms with Crippen molar-refractivity contribution < 1.29 is 9.53 Å². The molecule has 2 heterocycles. The van der Waals surface area contributed by atoms with E-state index in [0.29, 0.717) is 6.54 Å². The number of hydrogen-bond donors (Lipinski definition) is 1. The molecule has 18 heavy (non-hydrogen) atoms. The van der Waals surface area contributed by atoms with E-state index in [2.05, 4.69) is 10.3 Å². The summed E-state index contributed by atoms with van der Waals surface area (Å²) in [4.78, 5) is 16.3. The summed E-state index contributed by atoms with van der Waals surface area (Å²) in [6.45, 7) is 7.15. The van der Waals surface area contributed by atoms with Gasteiger partial charge in [0.05, 0.1) is 12.2 Å². The summed E-state index contributed by atoms with van der Waals surface area (Å²) >= 11 is 0. The van der Waals surface area contributed by atoms with Crippen molar-refractivity contribution in [3.05, 3.63) is 18.2 Å². The molecule has 1 aromatic heterocycles. The summed E-state index contributed by atoms with van der Waals surface area (Å²) in [5.41, 5.74) is 0.646. The molecule has 1 saturated heterocycles. The monoisotopic (exact) mass is 251 g/mol. The molecule has 1 aromatic rings. The number of aryl methyl sites for hydroxylation is 1. The second-order valence-electron chi connectivity index (χ2n) is 5.83. The predicted molar refractivity (Wildman–Crippen MR) is 68.2 cm³/mol. The van der Waals surface area contributed by atoms with Gasteiger partial charge in [-0.2, -0.15) is 0 Å². The summed E-state index contributed by atoms with van der Waals surface area (Å²) in [6, 6.07) is 0. The summed E-state index contributed by atoms with van der Waals surface area (Å²) in [7, 11) is 1.95. The first-order valence-electron chi connectivity index (χ1n) is 6.28. The van der Waals surface area contributed by atoms with Crippen LogP contribution in [0.25, 0.3) is 0 Å². The van der Waals surface area contributed by atoms with E-state index >= 15 is 0 Å². The van der Waals surface area contributed by atoms with E-state index in [4.69, 9.17) is 4.74 Å². The number of imidazole rings is 1. The zero-order valence-corrected chi connectivity index (χ0v) is 11.4. The molecule has 1 aliphatic heterocycles. The normalized spacial score (nSPS) is 24.2. The molecule has 0 aromatic carbocycles. The highest BCUT2D eigenvalue weighted by Crippen LogP contribution is 2.29. The molecule has 2 rings (SSSR count). The minimum absolute atomic E-state index is 0.125. The Morgan fingerprint density at radius 1 is 1.50 bits per heavy atom. The highest BCUT2D eigenvalue weighted by molar-refractivity contribution is 5.75. The van der Waals surface area contributed by atoms with Crippen LogP contribution in [0.3, 0.4) is 0 Å². The van der Waals surface area contributed by atoms with Crippen molar-refractivity contribution in [2.75, 3.05) is 13.1 Å². The van der Waals surface area contributed by atoms with Gasteiger partial charge in [0.25, 0.3) is 0 Å². The van der Waals surface area contributed by atoms with E-state index in [1.165, 1.54) is 0 Å². The van der Waals surface area contributed by atoms with Gasteiger partial charge >= 0.3 is 5.97 Å². The Morgan fingerprint density at radius 2 is 2.22 bits per heavy atom. The third kappa shape index (κ3) is 2.72. The van der Waals surface area contributed by atoms with Crippen molar-refractivity contribution in [2.45, 2.75) is 32.3 Å². The van der Waals surface area contributed by atoms with Gasteiger partial charge < -0.3 is 14.6 Å². The van der Waals surface area contributed by atoms with Crippen LogP contribution >= 0.6 is 0 Å². The molecule has 0 bridgehead atoms. The molecule has 0 aliphatic carbocycles. The lowest BCUT2D eigenvalue weighted by atomic mass is 9.93. The fourth-order valence-electron chi connectivity index (χ4n) is 2.34. The van der Waals surface area contributed by atoms with Crippen molar-refractivity contribution in [1.82, 2.24) is 14.9 Å². The van der Waals surface area contributed by atoms with Crippen LogP contribution in [-0.2, 0) is 16.6 Å². The SMILES string of the molecule is Cn1cncc1[C@@H]1CNC[C@H]1C(=O)OC(C)(C)C. The lowest BCUT2D eigenvalue weighted by molar-refractivity contribution is -0.159. The highest BCUT2D eigenvalue weighted by atomic mass is 16.6. The van der Waals surface area contributed by atoms with E-state index in [1.807, 2.05) is 38.6 Å². The lowest BCUT2D eigenvalue weighted by Gasteiger charge is -2.24. The number of ether oxygens (including phenoxy) is 1. The average Bonchev–Trinajstić information content (AvgIpc) is 2.82. The topological polar surface area (TPSA) is 56.2 Å². The van der Waals surface area contributed by atoms with Gasteiger partial charge in [0, 0.05) is 37.9 Å². The molecule has 1 aliphatic rings. The molecule has 100 valence electrons. The fourth-order valence-corrected chi connectivity index (χ4v) is 2.34. The van der Waals surface area contributed by atoms with Crippen molar-refractivity contribution in [2.24, 2.45) is 13.0 Å². The Balaban J connectivity index is 2.13. The second-order valence-corrected chi connectivity index (χ2v) is 5.83. The van der Waals surface area contributed by atoms with Crippen LogP contribution in [0.5, 0.6) is 0 Å². The molecule has 2 atom stereocenters. The summed E-state index contributed by atoms with van der Waals surface area (Å²) < 4.78 is 7.45. The molecule has 0 spiro atoms. The predicted octanol–water partition coefficient (Wildman–Crippen LogP) is 1.06. The van der Waals surface area contributed by atoms with Crippen molar-refractivity contribution in [1.29, 1.82) is 0 Å². The molecule has 5 heteroatoms. The van der Waals surface area contributed by atoms with Crippen LogP contribution in [0.4, 0.5) is 0 Å². The van der Waals surface area contributed by atoms with Gasteiger partial charge in [0.2, 0.25) is 0 Å². The zero-order chi connectivity index (χ0) is 13.3. The number of rotatable bonds is 2. The molecule has 1 fully saturated rings. The van der Waals surface area contributed by atoms with Crippen LogP contribution in [0.2, 0.25) is 0 Å². The lowest BCUT2D eigenvalue weighted by Crippen LogP contribution is -2.32. The molecular formula is C13H21N3O2. The van der Waals surface area contributed by atoms with Gasteiger partial charge in [-0.1, -0.05) is 0 Å². The van der Waals surface area contributed by atoms with Crippen LogP contribution in [0.1, 0.15) is 32.4 Å². The van der Waals surface area contributed by atoms with Crippen LogP contribution in [0, 0.1) is 5.92 Å². The Hall–Kier alpha value is -1.36. The number of hydrogen-bond acceptors (Lipinski definition) is 4. The first-order chi connectivity index (χ1) is 8.38. The van der Waals surface area contributed by atoms with E-state index in [-0.39, 0.29) is 17.8 Å². The Labute approximate surface area is 108 Å². The number of carbonyl (C=O) groups is 1. The maximum absolute atomic E-state index is 12.2. The molecule has 0 radical (unpaired) electrons. The molecule has 0 amide bonds. The quantitative estimate of drug-likeness (QED) is 0.799.